The number of rotatable bonds is 7. The highest BCUT2D eigenvalue weighted by Crippen LogP contribution is 2.31. The minimum absolute atomic E-state index is 0.0984. The van der Waals surface area contributed by atoms with Crippen LogP contribution in [0.3, 0.4) is 0 Å². The van der Waals surface area contributed by atoms with Gasteiger partial charge >= 0.3 is 0 Å². The van der Waals surface area contributed by atoms with Crippen LogP contribution in [0.15, 0.2) is 42.6 Å². The average Bonchev–Trinajstić information content (AvgIpc) is 3.55. The number of hydrogen-bond acceptors (Lipinski definition) is 6. The molecule has 1 aliphatic carbocycles. The molecule has 1 saturated carbocycles. The maximum atomic E-state index is 14.8. The van der Waals surface area contributed by atoms with Crippen molar-refractivity contribution in [2.45, 2.75) is 19.4 Å². The van der Waals surface area contributed by atoms with Crippen LogP contribution in [-0.4, -0.2) is 33.5 Å². The lowest BCUT2D eigenvalue weighted by Gasteiger charge is -2.10. The summed E-state index contributed by atoms with van der Waals surface area (Å²) in [7, 11) is 1.48. The van der Waals surface area contributed by atoms with Gasteiger partial charge in [0.1, 0.15) is 23.1 Å². The predicted molar refractivity (Wildman–Crippen MR) is 115 cm³/mol. The zero-order chi connectivity index (χ0) is 22.2. The van der Waals surface area contributed by atoms with Crippen LogP contribution in [-0.2, 0) is 6.54 Å². The van der Waals surface area contributed by atoms with Gasteiger partial charge in [0.25, 0.3) is 0 Å². The van der Waals surface area contributed by atoms with Gasteiger partial charge in [0.2, 0.25) is 0 Å². The average molecular weight is 437 g/mol. The third-order valence-electron chi connectivity index (χ3n) is 5.48. The van der Waals surface area contributed by atoms with Crippen molar-refractivity contribution >= 4 is 16.7 Å². The molecule has 0 aliphatic heterocycles. The first-order chi connectivity index (χ1) is 15.5. The van der Waals surface area contributed by atoms with Crippen molar-refractivity contribution in [2.75, 3.05) is 19.5 Å². The quantitative estimate of drug-likeness (QED) is 0.466. The van der Waals surface area contributed by atoms with E-state index in [1.807, 2.05) is 24.3 Å². The molecule has 1 fully saturated rings. The van der Waals surface area contributed by atoms with Crippen molar-refractivity contribution in [2.24, 2.45) is 5.92 Å². The molecule has 7 nitrogen and oxygen atoms in total. The summed E-state index contributed by atoms with van der Waals surface area (Å²) in [4.78, 5) is 8.55. The van der Waals surface area contributed by atoms with E-state index in [2.05, 4.69) is 15.1 Å². The molecule has 2 aromatic carbocycles. The number of fused-ring (bicyclic) bond motifs is 1. The highest BCUT2D eigenvalue weighted by molar-refractivity contribution is 5.91. The number of hydrogen-bond donors (Lipinski definition) is 1. The summed E-state index contributed by atoms with van der Waals surface area (Å²) < 4.78 is 41.7. The first-order valence-corrected chi connectivity index (χ1v) is 10.3. The fourth-order valence-corrected chi connectivity index (χ4v) is 3.53. The second-order valence-electron chi connectivity index (χ2n) is 7.79. The van der Waals surface area contributed by atoms with Crippen LogP contribution in [0.25, 0.3) is 22.4 Å². The Bertz CT molecular complexity index is 1280. The molecule has 0 unspecified atom stereocenters. The van der Waals surface area contributed by atoms with E-state index in [9.17, 15) is 8.78 Å². The maximum absolute atomic E-state index is 14.8. The van der Waals surface area contributed by atoms with E-state index >= 15 is 0 Å². The number of methoxy groups -OCH3 is 1. The fourth-order valence-electron chi connectivity index (χ4n) is 3.53. The number of anilines is 1. The molecule has 0 bridgehead atoms. The Hall–Kier alpha value is -3.75. The molecular formula is C23H21F2N5O2. The van der Waals surface area contributed by atoms with E-state index in [1.165, 1.54) is 30.1 Å². The molecule has 5 rings (SSSR count). The fraction of sp³-hybridized carbons (Fsp3) is 0.261. The number of aromatic nitrogens is 4. The summed E-state index contributed by atoms with van der Waals surface area (Å²) in [6.07, 6.45) is 3.66. The van der Waals surface area contributed by atoms with Crippen LogP contribution in [0.4, 0.5) is 14.6 Å². The van der Waals surface area contributed by atoms with Gasteiger partial charge in [-0.3, -0.25) is 4.68 Å². The van der Waals surface area contributed by atoms with Crippen LogP contribution in [0, 0.1) is 17.6 Å². The standard InChI is InChI=1S/C23H21F2N5O2/c1-31-20-10-27-23(28-22(20)26)21-15-4-2-3-5-19(15)30(29-21)11-16-17(24)8-14(9-18(16)25)32-12-13-6-7-13/h2-5,8-10,13H,6-7,11-12H2,1H3,(H2,26,27,28). The van der Waals surface area contributed by atoms with Crippen molar-refractivity contribution in [3.05, 3.63) is 59.8 Å². The van der Waals surface area contributed by atoms with Gasteiger partial charge in [-0.1, -0.05) is 18.2 Å². The Labute approximate surface area is 182 Å². The summed E-state index contributed by atoms with van der Waals surface area (Å²) in [6, 6.07) is 9.79. The normalized spacial score (nSPS) is 13.5. The van der Waals surface area contributed by atoms with E-state index in [-0.39, 0.29) is 23.7 Å². The van der Waals surface area contributed by atoms with Crippen molar-refractivity contribution < 1.29 is 18.3 Å². The number of nitrogen functional groups attached to an aromatic ring is 1. The van der Waals surface area contributed by atoms with E-state index in [4.69, 9.17) is 15.2 Å². The Morgan fingerprint density at radius 1 is 1.16 bits per heavy atom. The van der Waals surface area contributed by atoms with Gasteiger partial charge < -0.3 is 15.2 Å². The topological polar surface area (TPSA) is 88.1 Å². The summed E-state index contributed by atoms with van der Waals surface area (Å²) in [5.74, 6) is 0.153. The largest absolute Gasteiger partial charge is 0.493 e. The maximum Gasteiger partial charge on any atom is 0.182 e. The molecule has 0 atom stereocenters. The molecule has 2 heterocycles. The predicted octanol–water partition coefficient (Wildman–Crippen LogP) is 4.20. The Morgan fingerprint density at radius 3 is 2.59 bits per heavy atom. The Morgan fingerprint density at radius 2 is 1.91 bits per heavy atom. The van der Waals surface area contributed by atoms with Gasteiger partial charge in [0.15, 0.2) is 17.4 Å². The summed E-state index contributed by atoms with van der Waals surface area (Å²) in [5, 5.41) is 5.29. The lowest BCUT2D eigenvalue weighted by Crippen LogP contribution is -2.08. The number of para-hydroxylation sites is 1. The lowest BCUT2D eigenvalue weighted by atomic mass is 10.1. The number of nitrogens with zero attached hydrogens (tertiary/aromatic N) is 4. The van der Waals surface area contributed by atoms with Gasteiger partial charge in [0, 0.05) is 23.1 Å². The van der Waals surface area contributed by atoms with Gasteiger partial charge in [-0.2, -0.15) is 5.10 Å². The van der Waals surface area contributed by atoms with Gasteiger partial charge in [-0.05, 0) is 24.8 Å². The zero-order valence-electron chi connectivity index (χ0n) is 17.4. The van der Waals surface area contributed by atoms with E-state index in [0.29, 0.717) is 35.3 Å². The van der Waals surface area contributed by atoms with Crippen LogP contribution in [0.1, 0.15) is 18.4 Å². The minimum Gasteiger partial charge on any atom is -0.493 e. The molecule has 9 heteroatoms. The molecule has 0 spiro atoms. The second-order valence-corrected chi connectivity index (χ2v) is 7.79. The molecule has 0 radical (unpaired) electrons. The molecule has 1 aliphatic rings. The van der Waals surface area contributed by atoms with Crippen molar-refractivity contribution in [3.8, 4) is 23.0 Å². The SMILES string of the molecule is COc1cnc(-c2nn(Cc3c(F)cc(OCC4CC4)cc3F)c3ccccc23)nc1N. The number of ether oxygens (including phenoxy) is 2. The first-order valence-electron chi connectivity index (χ1n) is 10.3. The lowest BCUT2D eigenvalue weighted by molar-refractivity contribution is 0.296. The summed E-state index contributed by atoms with van der Waals surface area (Å²) >= 11 is 0. The van der Waals surface area contributed by atoms with Crippen LogP contribution in [0.5, 0.6) is 11.5 Å². The molecule has 4 aromatic rings. The second kappa shape index (κ2) is 8.07. The third-order valence-corrected chi connectivity index (χ3v) is 5.48. The van der Waals surface area contributed by atoms with Crippen LogP contribution in [0.2, 0.25) is 0 Å². The molecule has 2 aromatic heterocycles. The minimum atomic E-state index is -0.679. The van der Waals surface area contributed by atoms with Crippen molar-refractivity contribution in [1.29, 1.82) is 0 Å². The van der Waals surface area contributed by atoms with E-state index in [1.54, 1.807) is 0 Å². The first kappa shape index (κ1) is 20.2. The highest BCUT2D eigenvalue weighted by atomic mass is 19.1. The van der Waals surface area contributed by atoms with E-state index in [0.717, 1.165) is 18.2 Å². The molecular weight excluding hydrogens is 416 g/mol. The number of nitrogens with two attached hydrogens (primary N) is 1. The van der Waals surface area contributed by atoms with Crippen LogP contribution < -0.4 is 15.2 Å². The smallest absolute Gasteiger partial charge is 0.182 e. The molecule has 0 saturated heterocycles. The monoisotopic (exact) mass is 437 g/mol. The third kappa shape index (κ3) is 3.81. The molecule has 0 amide bonds. The zero-order valence-corrected chi connectivity index (χ0v) is 17.4. The molecule has 2 N–H and O–H groups in total. The number of halogens is 2. The van der Waals surface area contributed by atoms with Crippen LogP contribution >= 0.6 is 0 Å². The Balaban J connectivity index is 1.51. The van der Waals surface area contributed by atoms with Crippen molar-refractivity contribution in [3.63, 3.8) is 0 Å². The summed E-state index contributed by atoms with van der Waals surface area (Å²) in [6.45, 7) is 0.378. The highest BCUT2D eigenvalue weighted by Gasteiger charge is 2.23. The molecule has 164 valence electrons. The van der Waals surface area contributed by atoms with Crippen molar-refractivity contribution in [1.82, 2.24) is 19.7 Å². The van der Waals surface area contributed by atoms with E-state index < -0.39 is 11.6 Å². The van der Waals surface area contributed by atoms with Gasteiger partial charge in [-0.15, -0.1) is 0 Å². The Kier molecular flexibility index (Phi) is 5.08. The van der Waals surface area contributed by atoms with Gasteiger partial charge in [-0.25, -0.2) is 18.7 Å². The van der Waals surface area contributed by atoms with Gasteiger partial charge in [0.05, 0.1) is 32.0 Å². The molecule has 32 heavy (non-hydrogen) atoms. The number of benzene rings is 2. The summed E-state index contributed by atoms with van der Waals surface area (Å²) in [5.41, 5.74) is 6.97.